The highest BCUT2D eigenvalue weighted by molar-refractivity contribution is 7.80. The number of hydrogen-bond acceptors (Lipinski definition) is 5. The van der Waals surface area contributed by atoms with Gasteiger partial charge >= 0.3 is 0 Å². The Balaban J connectivity index is 1.67. The predicted molar refractivity (Wildman–Crippen MR) is 166 cm³/mol. The van der Waals surface area contributed by atoms with Gasteiger partial charge in [0.05, 0.1) is 36.3 Å². The smallest absolute Gasteiger partial charge is 0.250 e. The molecule has 2 N–H and O–H groups in total. The largest absolute Gasteiger partial charge is 0.495 e. The van der Waals surface area contributed by atoms with E-state index < -0.39 is 0 Å². The molecule has 2 aromatic heterocycles. The lowest BCUT2D eigenvalue weighted by Gasteiger charge is -2.29. The molecule has 1 saturated heterocycles. The quantitative estimate of drug-likeness (QED) is 0.257. The van der Waals surface area contributed by atoms with Crippen LogP contribution in [-0.2, 0) is 9.53 Å². The number of aryl methyl sites for hydroxylation is 3. The molecular formula is C32H35N5O3S. The van der Waals surface area contributed by atoms with Crippen LogP contribution in [0.4, 0.5) is 11.4 Å². The number of carbonyl (C=O) groups is 1. The van der Waals surface area contributed by atoms with Crippen LogP contribution in [0.3, 0.4) is 0 Å². The van der Waals surface area contributed by atoms with Gasteiger partial charge in [-0.25, -0.2) is 0 Å². The Bertz CT molecular complexity index is 1580. The summed E-state index contributed by atoms with van der Waals surface area (Å²) >= 11 is 5.97. The zero-order valence-electron chi connectivity index (χ0n) is 24.2. The topological polar surface area (TPSA) is 80.7 Å². The van der Waals surface area contributed by atoms with Gasteiger partial charge in [0, 0.05) is 30.4 Å². The third-order valence-corrected chi connectivity index (χ3v) is 7.88. The van der Waals surface area contributed by atoms with Gasteiger partial charge in [-0.05, 0) is 93.0 Å². The van der Waals surface area contributed by atoms with Gasteiger partial charge in [0.1, 0.15) is 12.4 Å². The first-order chi connectivity index (χ1) is 19.7. The van der Waals surface area contributed by atoms with Crippen molar-refractivity contribution in [2.24, 2.45) is 0 Å². The first-order valence-electron chi connectivity index (χ1n) is 13.5. The number of ether oxygens (including phenoxy) is 2. The molecule has 1 aliphatic heterocycles. The van der Waals surface area contributed by atoms with Crippen molar-refractivity contribution < 1.29 is 14.3 Å². The van der Waals surface area contributed by atoms with Gasteiger partial charge in [-0.15, -0.1) is 0 Å². The second kappa shape index (κ2) is 11.7. The second-order valence-corrected chi connectivity index (χ2v) is 10.7. The van der Waals surface area contributed by atoms with Crippen molar-refractivity contribution in [2.75, 3.05) is 31.0 Å². The number of thiocarbonyl (C=S) groups is 1. The highest BCUT2D eigenvalue weighted by atomic mass is 32.1. The van der Waals surface area contributed by atoms with Crippen molar-refractivity contribution in [2.45, 2.75) is 39.8 Å². The van der Waals surface area contributed by atoms with E-state index in [1.54, 1.807) is 13.3 Å². The molecule has 4 aromatic rings. The minimum absolute atomic E-state index is 0.0637. The summed E-state index contributed by atoms with van der Waals surface area (Å²) in [5.41, 5.74) is 9.25. The maximum absolute atomic E-state index is 12.4. The molecule has 0 radical (unpaired) electrons. The molecule has 5 rings (SSSR count). The van der Waals surface area contributed by atoms with Crippen molar-refractivity contribution in [3.05, 3.63) is 101 Å². The molecule has 2 atom stereocenters. The lowest BCUT2D eigenvalue weighted by Crippen LogP contribution is -2.29. The van der Waals surface area contributed by atoms with E-state index in [9.17, 15) is 4.79 Å². The van der Waals surface area contributed by atoms with Crippen LogP contribution in [0.1, 0.15) is 45.9 Å². The van der Waals surface area contributed by atoms with Gasteiger partial charge in [-0.2, -0.15) is 0 Å². The lowest BCUT2D eigenvalue weighted by molar-refractivity contribution is -0.119. The number of pyridine rings is 1. The molecule has 3 heterocycles. The van der Waals surface area contributed by atoms with E-state index in [2.05, 4.69) is 72.1 Å². The SMILES string of the molecule is COCC(=O)Nc1cc(N2C(=S)N[C@@H](c3ccccn3)[C@H]2c2cc(C)n(-c3c(C)cccc3C)c2C)ccc1OC. The third kappa shape index (κ3) is 5.30. The van der Waals surface area contributed by atoms with Crippen LogP contribution >= 0.6 is 12.2 Å². The Morgan fingerprint density at radius 1 is 1.02 bits per heavy atom. The van der Waals surface area contributed by atoms with Crippen LogP contribution in [0.25, 0.3) is 5.69 Å². The van der Waals surface area contributed by atoms with Gasteiger partial charge in [-0.1, -0.05) is 24.3 Å². The number of carbonyl (C=O) groups excluding carboxylic acids is 1. The second-order valence-electron chi connectivity index (χ2n) is 10.3. The lowest BCUT2D eigenvalue weighted by atomic mass is 9.96. The Kier molecular flexibility index (Phi) is 8.10. The summed E-state index contributed by atoms with van der Waals surface area (Å²) in [6, 6.07) is 19.8. The van der Waals surface area contributed by atoms with E-state index in [0.717, 1.165) is 28.3 Å². The standard InChI is InChI=1S/C32H35N5O3S/c1-19-10-9-11-20(2)30(19)36-21(3)16-24(22(36)4)31-29(25-12-7-8-15-33-25)35-32(41)37(31)23-13-14-27(40-6)26(17-23)34-28(38)18-39-5/h7-17,29,31H,18H2,1-6H3,(H,34,38)(H,35,41)/t29-,31+/m0/s1. The molecule has 1 fully saturated rings. The van der Waals surface area contributed by atoms with E-state index in [1.807, 2.05) is 36.4 Å². The molecule has 9 heteroatoms. The molecule has 212 valence electrons. The van der Waals surface area contributed by atoms with Crippen molar-refractivity contribution in [3.63, 3.8) is 0 Å². The maximum Gasteiger partial charge on any atom is 0.250 e. The summed E-state index contributed by atoms with van der Waals surface area (Å²) < 4.78 is 12.9. The molecular weight excluding hydrogens is 534 g/mol. The van der Waals surface area contributed by atoms with E-state index in [1.165, 1.54) is 23.9 Å². The fraction of sp³-hybridized carbons (Fsp3) is 0.281. The van der Waals surface area contributed by atoms with Crippen LogP contribution in [0, 0.1) is 27.7 Å². The fourth-order valence-corrected chi connectivity index (χ4v) is 6.15. The summed E-state index contributed by atoms with van der Waals surface area (Å²) in [5.74, 6) is 0.271. The molecule has 0 aliphatic carbocycles. The van der Waals surface area contributed by atoms with E-state index in [4.69, 9.17) is 26.7 Å². The summed E-state index contributed by atoms with van der Waals surface area (Å²) in [4.78, 5) is 19.2. The zero-order valence-corrected chi connectivity index (χ0v) is 25.0. The number of amides is 1. The summed E-state index contributed by atoms with van der Waals surface area (Å²) in [6.45, 7) is 8.53. The van der Waals surface area contributed by atoms with Crippen molar-refractivity contribution in [1.29, 1.82) is 0 Å². The van der Waals surface area contributed by atoms with Crippen LogP contribution < -0.4 is 20.3 Å². The third-order valence-electron chi connectivity index (χ3n) is 7.56. The highest BCUT2D eigenvalue weighted by Crippen LogP contribution is 2.45. The van der Waals surface area contributed by atoms with Crippen LogP contribution in [0.5, 0.6) is 5.75 Å². The number of anilines is 2. The van der Waals surface area contributed by atoms with Crippen molar-refractivity contribution in [3.8, 4) is 11.4 Å². The molecule has 41 heavy (non-hydrogen) atoms. The number of nitrogens with zero attached hydrogens (tertiary/aromatic N) is 3. The van der Waals surface area contributed by atoms with E-state index in [0.29, 0.717) is 16.5 Å². The van der Waals surface area contributed by atoms with Gasteiger partial charge in [0.25, 0.3) is 0 Å². The Morgan fingerprint density at radius 3 is 2.44 bits per heavy atom. The molecule has 8 nitrogen and oxygen atoms in total. The number of hydrogen-bond donors (Lipinski definition) is 2. The average Bonchev–Trinajstić information content (AvgIpc) is 3.44. The van der Waals surface area contributed by atoms with Gasteiger partial charge in [0.2, 0.25) is 5.91 Å². The predicted octanol–water partition coefficient (Wildman–Crippen LogP) is 5.88. The number of para-hydroxylation sites is 1. The fourth-order valence-electron chi connectivity index (χ4n) is 5.80. The van der Waals surface area contributed by atoms with Crippen LogP contribution in [-0.4, -0.2) is 41.4 Å². The molecule has 0 spiro atoms. The monoisotopic (exact) mass is 569 g/mol. The summed E-state index contributed by atoms with van der Waals surface area (Å²) in [7, 11) is 3.06. The van der Waals surface area contributed by atoms with Crippen molar-refractivity contribution >= 4 is 34.6 Å². The van der Waals surface area contributed by atoms with E-state index >= 15 is 0 Å². The first kappa shape index (κ1) is 28.3. The molecule has 1 amide bonds. The molecule has 0 saturated carbocycles. The maximum atomic E-state index is 12.4. The van der Waals surface area contributed by atoms with Gasteiger partial charge in [-0.3, -0.25) is 9.78 Å². The summed E-state index contributed by atoms with van der Waals surface area (Å²) in [6.07, 6.45) is 1.80. The van der Waals surface area contributed by atoms with Crippen LogP contribution in [0.2, 0.25) is 0 Å². The number of nitrogens with one attached hydrogen (secondary N) is 2. The molecule has 0 unspecified atom stereocenters. The first-order valence-corrected chi connectivity index (χ1v) is 13.9. The molecule has 1 aliphatic rings. The Morgan fingerprint density at radius 2 is 1.78 bits per heavy atom. The normalized spacial score (nSPS) is 16.5. The number of benzene rings is 2. The highest BCUT2D eigenvalue weighted by Gasteiger charge is 2.42. The van der Waals surface area contributed by atoms with E-state index in [-0.39, 0.29) is 24.6 Å². The Labute approximate surface area is 246 Å². The number of rotatable bonds is 8. The Hall–Kier alpha value is -4.21. The van der Waals surface area contributed by atoms with Crippen molar-refractivity contribution in [1.82, 2.24) is 14.9 Å². The average molecular weight is 570 g/mol. The summed E-state index contributed by atoms with van der Waals surface area (Å²) in [5, 5.41) is 7.01. The van der Waals surface area contributed by atoms with Crippen LogP contribution in [0.15, 0.2) is 66.9 Å². The zero-order chi connectivity index (χ0) is 29.3. The number of methoxy groups -OCH3 is 2. The molecule has 2 aromatic carbocycles. The van der Waals surface area contributed by atoms with Gasteiger partial charge < -0.3 is 29.6 Å². The minimum atomic E-state index is -0.273. The number of aromatic nitrogens is 2. The minimum Gasteiger partial charge on any atom is -0.495 e. The van der Waals surface area contributed by atoms with Gasteiger partial charge in [0.15, 0.2) is 5.11 Å². The molecule has 0 bridgehead atoms.